The predicted octanol–water partition coefficient (Wildman–Crippen LogP) is 15.8. The second kappa shape index (κ2) is 12.2. The Morgan fingerprint density at radius 1 is 0.357 bits per heavy atom. The summed E-state index contributed by atoms with van der Waals surface area (Å²) in [5.74, 6) is 0. The molecule has 0 amide bonds. The number of fused-ring (bicyclic) bond motifs is 11. The molecule has 0 spiro atoms. The highest BCUT2D eigenvalue weighted by molar-refractivity contribution is 7.26. The Hall–Kier alpha value is -7.14. The number of benzene rings is 9. The third-order valence-corrected chi connectivity index (χ3v) is 12.4. The fourth-order valence-corrected chi connectivity index (χ4v) is 9.66. The van der Waals surface area contributed by atoms with Gasteiger partial charge in [-0.3, -0.25) is 0 Å². The van der Waals surface area contributed by atoms with Crippen molar-refractivity contribution in [2.24, 2.45) is 0 Å². The van der Waals surface area contributed by atoms with Crippen LogP contribution < -0.4 is 4.90 Å². The lowest BCUT2D eigenvalue weighted by molar-refractivity contribution is 0.670. The molecule has 0 saturated carbocycles. The highest BCUT2D eigenvalue weighted by Crippen LogP contribution is 2.46. The van der Waals surface area contributed by atoms with E-state index in [1.54, 1.807) is 0 Å². The van der Waals surface area contributed by atoms with E-state index in [0.717, 1.165) is 77.5 Å². The Kier molecular flexibility index (Phi) is 6.80. The molecule has 0 N–H and O–H groups in total. The van der Waals surface area contributed by atoms with Crippen molar-refractivity contribution in [3.05, 3.63) is 188 Å². The van der Waals surface area contributed by atoms with Crippen LogP contribution in [0, 0.1) is 0 Å². The normalized spacial score (nSPS) is 11.9. The molecule has 0 bridgehead atoms. The van der Waals surface area contributed by atoms with Gasteiger partial charge in [0, 0.05) is 64.3 Å². The molecular formula is C52H31NO2S. The summed E-state index contributed by atoms with van der Waals surface area (Å²) in [4.78, 5) is 2.37. The number of hydrogen-bond acceptors (Lipinski definition) is 4. The molecule has 0 atom stereocenters. The molecule has 0 unspecified atom stereocenters. The van der Waals surface area contributed by atoms with Crippen LogP contribution in [0.4, 0.5) is 17.1 Å². The van der Waals surface area contributed by atoms with Gasteiger partial charge >= 0.3 is 0 Å². The number of anilines is 3. The summed E-state index contributed by atoms with van der Waals surface area (Å²) >= 11 is 1.82. The minimum absolute atomic E-state index is 0.903. The first-order valence-corrected chi connectivity index (χ1v) is 19.7. The van der Waals surface area contributed by atoms with Crippen LogP contribution in [0.5, 0.6) is 0 Å². The van der Waals surface area contributed by atoms with Crippen LogP contribution in [0.1, 0.15) is 0 Å². The van der Waals surface area contributed by atoms with Crippen molar-refractivity contribution in [2.45, 2.75) is 0 Å². The summed E-state index contributed by atoms with van der Waals surface area (Å²) in [5.41, 5.74) is 11.4. The monoisotopic (exact) mass is 733 g/mol. The number of hydrogen-bond donors (Lipinski definition) is 0. The molecule has 3 nitrogen and oxygen atoms in total. The van der Waals surface area contributed by atoms with Gasteiger partial charge in [0.15, 0.2) is 0 Å². The van der Waals surface area contributed by atoms with E-state index in [1.807, 2.05) is 23.5 Å². The summed E-state index contributed by atoms with van der Waals surface area (Å²) in [6, 6.07) is 67.3. The molecule has 262 valence electrons. The molecule has 0 aliphatic carbocycles. The topological polar surface area (TPSA) is 29.5 Å². The van der Waals surface area contributed by atoms with Crippen molar-refractivity contribution in [3.63, 3.8) is 0 Å². The third kappa shape index (κ3) is 4.83. The van der Waals surface area contributed by atoms with E-state index in [4.69, 9.17) is 8.83 Å². The number of furan rings is 2. The summed E-state index contributed by atoms with van der Waals surface area (Å²) in [7, 11) is 0. The van der Waals surface area contributed by atoms with Crippen molar-refractivity contribution in [1.82, 2.24) is 0 Å². The van der Waals surface area contributed by atoms with Gasteiger partial charge in [-0.05, 0) is 100 Å². The van der Waals surface area contributed by atoms with Gasteiger partial charge in [0.1, 0.15) is 22.3 Å². The summed E-state index contributed by atoms with van der Waals surface area (Å²) in [6.45, 7) is 0. The zero-order valence-electron chi connectivity index (χ0n) is 30.1. The van der Waals surface area contributed by atoms with Crippen LogP contribution in [0.3, 0.4) is 0 Å². The van der Waals surface area contributed by atoms with Crippen LogP contribution in [-0.4, -0.2) is 0 Å². The van der Waals surface area contributed by atoms with Gasteiger partial charge in [-0.1, -0.05) is 115 Å². The minimum Gasteiger partial charge on any atom is -0.455 e. The van der Waals surface area contributed by atoms with Crippen LogP contribution in [0.2, 0.25) is 0 Å². The molecule has 0 aliphatic heterocycles. The molecule has 0 radical (unpaired) electrons. The molecule has 0 fully saturated rings. The predicted molar refractivity (Wildman–Crippen MR) is 237 cm³/mol. The molecule has 3 aromatic heterocycles. The van der Waals surface area contributed by atoms with Crippen LogP contribution >= 0.6 is 11.3 Å². The quantitative estimate of drug-likeness (QED) is 0.176. The van der Waals surface area contributed by atoms with Gasteiger partial charge in [-0.25, -0.2) is 0 Å². The van der Waals surface area contributed by atoms with E-state index in [9.17, 15) is 0 Å². The van der Waals surface area contributed by atoms with Crippen molar-refractivity contribution < 1.29 is 8.83 Å². The molecule has 12 rings (SSSR count). The average Bonchev–Trinajstić information content (AvgIpc) is 3.94. The molecule has 0 aliphatic rings. The summed E-state index contributed by atoms with van der Waals surface area (Å²) < 4.78 is 15.6. The van der Waals surface area contributed by atoms with E-state index >= 15 is 0 Å². The first-order chi connectivity index (χ1) is 27.7. The van der Waals surface area contributed by atoms with Crippen LogP contribution in [0.15, 0.2) is 197 Å². The molecule has 3 heterocycles. The zero-order chi connectivity index (χ0) is 36.7. The maximum absolute atomic E-state index is 6.76. The van der Waals surface area contributed by atoms with Crippen LogP contribution in [0.25, 0.3) is 97.1 Å². The summed E-state index contributed by atoms with van der Waals surface area (Å²) in [5, 5.41) is 9.31. The van der Waals surface area contributed by atoms with Crippen molar-refractivity contribution in [3.8, 4) is 22.3 Å². The van der Waals surface area contributed by atoms with Crippen molar-refractivity contribution in [2.75, 3.05) is 4.90 Å². The van der Waals surface area contributed by atoms with Crippen molar-refractivity contribution in [1.29, 1.82) is 0 Å². The Balaban J connectivity index is 1.04. The molecule has 56 heavy (non-hydrogen) atoms. The Morgan fingerprint density at radius 2 is 1.04 bits per heavy atom. The molecule has 12 aromatic rings. The number of para-hydroxylation sites is 2. The Labute approximate surface area is 325 Å². The van der Waals surface area contributed by atoms with Gasteiger partial charge in [0.2, 0.25) is 0 Å². The van der Waals surface area contributed by atoms with E-state index in [2.05, 4.69) is 181 Å². The smallest absolute Gasteiger partial charge is 0.144 e. The number of thiophene rings is 1. The van der Waals surface area contributed by atoms with Gasteiger partial charge < -0.3 is 13.7 Å². The number of rotatable bonds is 5. The minimum atomic E-state index is 0.903. The van der Waals surface area contributed by atoms with Gasteiger partial charge in [0.05, 0.1) is 0 Å². The highest BCUT2D eigenvalue weighted by Gasteiger charge is 2.20. The average molecular weight is 734 g/mol. The van der Waals surface area contributed by atoms with E-state index < -0.39 is 0 Å². The highest BCUT2D eigenvalue weighted by atomic mass is 32.1. The SMILES string of the molecule is c1ccc(-c2cccc(N(c3ccc(-c4cccc5c4oc4ccccc45)cc3)c3ccc4sc5ccc6c7cc8ccccc8cc7oc6c5c4c3)c2)cc1. The van der Waals surface area contributed by atoms with E-state index in [0.29, 0.717) is 0 Å². The maximum atomic E-state index is 6.76. The first-order valence-electron chi connectivity index (χ1n) is 18.9. The van der Waals surface area contributed by atoms with Crippen molar-refractivity contribution >= 4 is 103 Å². The molecule has 4 heteroatoms. The van der Waals surface area contributed by atoms with Gasteiger partial charge in [-0.2, -0.15) is 0 Å². The molecule has 9 aromatic carbocycles. The summed E-state index contributed by atoms with van der Waals surface area (Å²) in [6.07, 6.45) is 0. The first kappa shape index (κ1) is 31.2. The van der Waals surface area contributed by atoms with Gasteiger partial charge in [0.25, 0.3) is 0 Å². The van der Waals surface area contributed by atoms with E-state index in [1.165, 1.54) is 36.7 Å². The standard InChI is InChI=1S/C52H31NO2S/c1-2-10-32(11-3-1)34-14-8-15-38(28-34)53(37-22-20-33(21-23-37)40-17-9-18-42-41-16-6-7-19-46(41)54-51(40)42)39-24-26-48-45(31-39)50-49(56-48)27-25-43-44-29-35-12-4-5-13-36(35)30-47(44)55-52(43)50/h1-31H. The van der Waals surface area contributed by atoms with E-state index in [-0.39, 0.29) is 0 Å². The second-order valence-electron chi connectivity index (χ2n) is 14.5. The fourth-order valence-electron chi connectivity index (χ4n) is 8.57. The van der Waals surface area contributed by atoms with Crippen LogP contribution in [-0.2, 0) is 0 Å². The van der Waals surface area contributed by atoms with Gasteiger partial charge in [-0.15, -0.1) is 11.3 Å². The lowest BCUT2D eigenvalue weighted by atomic mass is 10.0. The largest absolute Gasteiger partial charge is 0.455 e. The zero-order valence-corrected chi connectivity index (χ0v) is 30.9. The molecular weight excluding hydrogens is 703 g/mol. The number of nitrogens with zero attached hydrogens (tertiary/aromatic N) is 1. The maximum Gasteiger partial charge on any atom is 0.144 e. The lowest BCUT2D eigenvalue weighted by Crippen LogP contribution is -2.10. The Morgan fingerprint density at radius 3 is 1.93 bits per heavy atom. The second-order valence-corrected chi connectivity index (χ2v) is 15.6. The molecule has 0 saturated heterocycles. The fraction of sp³-hybridized carbons (Fsp3) is 0. The third-order valence-electron chi connectivity index (χ3n) is 11.2. The Bertz CT molecular complexity index is 3480. The lowest BCUT2D eigenvalue weighted by Gasteiger charge is -2.26.